The van der Waals surface area contributed by atoms with Crippen molar-refractivity contribution >= 4 is 11.6 Å². The fourth-order valence-corrected chi connectivity index (χ4v) is 2.68. The molecule has 0 atom stereocenters. The van der Waals surface area contributed by atoms with Crippen LogP contribution in [0, 0.1) is 0 Å². The van der Waals surface area contributed by atoms with E-state index in [-0.39, 0.29) is 5.56 Å². The normalized spacial score (nSPS) is 10.8. The van der Waals surface area contributed by atoms with Gasteiger partial charge < -0.3 is 0 Å². The summed E-state index contributed by atoms with van der Waals surface area (Å²) in [5.41, 5.74) is 2.88. The molecule has 0 saturated carbocycles. The highest BCUT2D eigenvalue weighted by molar-refractivity contribution is 6.17. The molecule has 0 aliphatic carbocycles. The van der Waals surface area contributed by atoms with Crippen molar-refractivity contribution < 1.29 is 0 Å². The second kappa shape index (κ2) is 6.67. The summed E-state index contributed by atoms with van der Waals surface area (Å²) in [7, 11) is 0. The minimum absolute atomic E-state index is 0.00665. The minimum Gasteiger partial charge on any atom is -0.268 e. The molecule has 0 fully saturated rings. The van der Waals surface area contributed by atoms with Crippen LogP contribution in [0.5, 0.6) is 0 Å². The van der Waals surface area contributed by atoms with Crippen LogP contribution in [0.4, 0.5) is 0 Å². The fourth-order valence-electron chi connectivity index (χ4n) is 2.56. The van der Waals surface area contributed by atoms with Crippen LogP contribution in [0.2, 0.25) is 0 Å². The van der Waals surface area contributed by atoms with Crippen LogP contribution in [-0.4, -0.2) is 15.2 Å². The maximum Gasteiger partial charge on any atom is 0.267 e. The molecule has 0 unspecified atom stereocenters. The first-order valence-electron chi connectivity index (χ1n) is 7.31. The van der Waals surface area contributed by atoms with Gasteiger partial charge in [0.15, 0.2) is 0 Å². The van der Waals surface area contributed by atoms with Crippen LogP contribution >= 0.6 is 11.6 Å². The predicted molar refractivity (Wildman–Crippen MR) is 90.8 cm³/mol. The van der Waals surface area contributed by atoms with Gasteiger partial charge in [-0.25, -0.2) is 4.68 Å². The summed E-state index contributed by atoms with van der Waals surface area (Å²) in [6.07, 6.45) is 0.756. The Balaban J connectivity index is 2.20. The summed E-state index contributed by atoms with van der Waals surface area (Å²) in [4.78, 5) is 12.4. The van der Waals surface area contributed by atoms with Gasteiger partial charge in [-0.2, -0.15) is 0 Å². The van der Waals surface area contributed by atoms with Crippen LogP contribution in [0.1, 0.15) is 6.42 Å². The molecule has 0 bridgehead atoms. The van der Waals surface area contributed by atoms with Crippen LogP contribution in [-0.2, 0) is 6.54 Å². The van der Waals surface area contributed by atoms with E-state index in [1.54, 1.807) is 10.7 Å². The van der Waals surface area contributed by atoms with E-state index in [0.717, 1.165) is 23.4 Å². The van der Waals surface area contributed by atoms with Crippen molar-refractivity contribution in [3.8, 4) is 16.9 Å². The van der Waals surface area contributed by atoms with Gasteiger partial charge in [-0.15, -0.1) is 11.6 Å². The van der Waals surface area contributed by atoms with Gasteiger partial charge in [-0.05, 0) is 18.6 Å². The molecular formula is C18H17ClN2O. The van der Waals surface area contributed by atoms with Crippen LogP contribution in [0.25, 0.3) is 16.9 Å². The van der Waals surface area contributed by atoms with Gasteiger partial charge in [0.05, 0.1) is 11.4 Å². The van der Waals surface area contributed by atoms with E-state index in [1.165, 1.54) is 0 Å². The third kappa shape index (κ3) is 2.85. The van der Waals surface area contributed by atoms with Crippen molar-refractivity contribution in [2.24, 2.45) is 0 Å². The van der Waals surface area contributed by atoms with Crippen LogP contribution in [0.15, 0.2) is 71.5 Å². The zero-order valence-corrected chi connectivity index (χ0v) is 12.9. The van der Waals surface area contributed by atoms with Crippen molar-refractivity contribution in [1.82, 2.24) is 9.36 Å². The molecule has 0 aliphatic heterocycles. The highest BCUT2D eigenvalue weighted by Gasteiger charge is 2.14. The number of benzene rings is 2. The highest BCUT2D eigenvalue weighted by atomic mass is 35.5. The van der Waals surface area contributed by atoms with Gasteiger partial charge in [-0.3, -0.25) is 9.48 Å². The van der Waals surface area contributed by atoms with Gasteiger partial charge in [0.2, 0.25) is 0 Å². The summed E-state index contributed by atoms with van der Waals surface area (Å²) in [6.45, 7) is 0.601. The standard InChI is InChI=1S/C18H17ClN2O/c19-12-7-13-20-18(22)14-17(15-8-3-1-4-9-15)21(20)16-10-5-2-6-11-16/h1-6,8-11,14H,7,12-13H2. The molecule has 2 aromatic carbocycles. The topological polar surface area (TPSA) is 26.9 Å². The number of hydrogen-bond donors (Lipinski definition) is 0. The van der Waals surface area contributed by atoms with E-state index in [0.29, 0.717) is 12.4 Å². The maximum absolute atomic E-state index is 12.4. The second-order valence-electron chi connectivity index (χ2n) is 5.05. The van der Waals surface area contributed by atoms with Crippen molar-refractivity contribution in [2.45, 2.75) is 13.0 Å². The number of para-hydroxylation sites is 1. The molecule has 3 nitrogen and oxygen atoms in total. The summed E-state index contributed by atoms with van der Waals surface area (Å²) >= 11 is 5.80. The van der Waals surface area contributed by atoms with Crippen molar-refractivity contribution in [3.63, 3.8) is 0 Å². The van der Waals surface area contributed by atoms with E-state index in [1.807, 2.05) is 65.3 Å². The Hall–Kier alpha value is -2.26. The minimum atomic E-state index is -0.00665. The molecule has 0 saturated heterocycles. The van der Waals surface area contributed by atoms with E-state index in [9.17, 15) is 4.79 Å². The second-order valence-corrected chi connectivity index (χ2v) is 5.42. The third-order valence-corrected chi connectivity index (χ3v) is 3.83. The number of rotatable bonds is 5. The molecule has 0 amide bonds. The van der Waals surface area contributed by atoms with E-state index in [2.05, 4.69) is 0 Å². The monoisotopic (exact) mass is 312 g/mol. The average Bonchev–Trinajstić information content (AvgIpc) is 2.91. The largest absolute Gasteiger partial charge is 0.268 e. The Morgan fingerprint density at radius 1 is 0.909 bits per heavy atom. The number of hydrogen-bond acceptors (Lipinski definition) is 1. The lowest BCUT2D eigenvalue weighted by molar-refractivity contribution is 0.533. The van der Waals surface area contributed by atoms with Gasteiger partial charge in [0, 0.05) is 24.1 Å². The quantitative estimate of drug-likeness (QED) is 0.656. The summed E-state index contributed by atoms with van der Waals surface area (Å²) in [5.74, 6) is 0.535. The molecule has 0 radical (unpaired) electrons. The van der Waals surface area contributed by atoms with Crippen LogP contribution in [0.3, 0.4) is 0 Å². The Labute approximate surface area is 134 Å². The Bertz CT molecular complexity index is 791. The van der Waals surface area contributed by atoms with Gasteiger partial charge in [-0.1, -0.05) is 48.5 Å². The van der Waals surface area contributed by atoms with Gasteiger partial charge in [0.1, 0.15) is 0 Å². The van der Waals surface area contributed by atoms with E-state index < -0.39 is 0 Å². The molecule has 0 spiro atoms. The van der Waals surface area contributed by atoms with E-state index in [4.69, 9.17) is 11.6 Å². The lowest BCUT2D eigenvalue weighted by Gasteiger charge is -2.15. The SMILES string of the molecule is O=c1cc(-c2ccccc2)n(-c2ccccc2)n1CCCCl. The predicted octanol–water partition coefficient (Wildman–Crippen LogP) is 3.93. The molecule has 0 N–H and O–H groups in total. The number of halogens is 1. The fraction of sp³-hybridized carbons (Fsp3) is 0.167. The zero-order chi connectivity index (χ0) is 15.4. The van der Waals surface area contributed by atoms with Crippen LogP contribution < -0.4 is 5.56 Å². The zero-order valence-electron chi connectivity index (χ0n) is 12.2. The average molecular weight is 313 g/mol. The first-order chi connectivity index (χ1) is 10.8. The molecule has 1 aromatic heterocycles. The molecule has 4 heteroatoms. The highest BCUT2D eigenvalue weighted by Crippen LogP contribution is 2.22. The first kappa shape index (κ1) is 14.7. The number of nitrogens with zero attached hydrogens (tertiary/aromatic N) is 2. The molecule has 0 aliphatic rings. The Morgan fingerprint density at radius 2 is 1.55 bits per heavy atom. The molecular weight excluding hydrogens is 296 g/mol. The summed E-state index contributed by atoms with van der Waals surface area (Å²) < 4.78 is 3.73. The van der Waals surface area contributed by atoms with Crippen molar-refractivity contribution in [3.05, 3.63) is 77.1 Å². The van der Waals surface area contributed by atoms with Gasteiger partial charge >= 0.3 is 0 Å². The molecule has 3 rings (SSSR count). The maximum atomic E-state index is 12.4. The summed E-state index contributed by atoms with van der Waals surface area (Å²) in [5, 5.41) is 0. The van der Waals surface area contributed by atoms with E-state index >= 15 is 0 Å². The van der Waals surface area contributed by atoms with Crippen molar-refractivity contribution in [2.75, 3.05) is 5.88 Å². The molecule has 1 heterocycles. The first-order valence-corrected chi connectivity index (χ1v) is 7.84. The Kier molecular flexibility index (Phi) is 4.45. The van der Waals surface area contributed by atoms with Gasteiger partial charge in [0.25, 0.3) is 5.56 Å². The lowest BCUT2D eigenvalue weighted by atomic mass is 10.1. The smallest absolute Gasteiger partial charge is 0.267 e. The number of alkyl halides is 1. The Morgan fingerprint density at radius 3 is 2.18 bits per heavy atom. The molecule has 112 valence electrons. The van der Waals surface area contributed by atoms with Crippen molar-refractivity contribution in [1.29, 1.82) is 0 Å². The third-order valence-electron chi connectivity index (χ3n) is 3.56. The molecule has 22 heavy (non-hydrogen) atoms. The lowest BCUT2D eigenvalue weighted by Crippen LogP contribution is -2.22. The molecule has 3 aromatic rings. The summed E-state index contributed by atoms with van der Waals surface area (Å²) in [6, 6.07) is 21.6. The number of aromatic nitrogens is 2.